The molecule has 3 atom stereocenters. The highest BCUT2D eigenvalue weighted by atomic mass is 16.5. The summed E-state index contributed by atoms with van der Waals surface area (Å²) in [5, 5.41) is 11.5. The van der Waals surface area contributed by atoms with Crippen LogP contribution in [0.1, 0.15) is 79.3 Å². The Bertz CT molecular complexity index is 1350. The molecule has 4 nitrogen and oxygen atoms in total. The lowest BCUT2D eigenvalue weighted by Gasteiger charge is -2.47. The number of fused-ring (bicyclic) bond motifs is 3. The zero-order valence-electron chi connectivity index (χ0n) is 34.0. The van der Waals surface area contributed by atoms with Crippen LogP contribution in [-0.4, -0.2) is 43.3 Å². The Kier molecular flexibility index (Phi) is 1.41. The molecule has 1 saturated heterocycles. The van der Waals surface area contributed by atoms with Gasteiger partial charge in [0.1, 0.15) is 0 Å². The topological polar surface area (TPSA) is 41.9 Å². The zero-order valence-corrected chi connectivity index (χ0v) is 13.0. The Morgan fingerprint density at radius 2 is 2.29 bits per heavy atom. The van der Waals surface area contributed by atoms with Crippen molar-refractivity contribution in [3.05, 3.63) is 23.2 Å². The molecule has 2 aliphatic rings. The largest absolute Gasteiger partial charge is 0.493 e. The third-order valence-electron chi connectivity index (χ3n) is 3.47. The molecule has 1 aromatic carbocycles. The highest BCUT2D eigenvalue weighted by molar-refractivity contribution is 5.49. The second-order valence-corrected chi connectivity index (χ2v) is 5.49. The summed E-state index contributed by atoms with van der Waals surface area (Å²) in [7, 11) is -2.42. The van der Waals surface area contributed by atoms with E-state index in [4.69, 9.17) is 38.3 Å². The van der Waals surface area contributed by atoms with Crippen LogP contribution in [0.25, 0.3) is 0 Å². The Hall–Kier alpha value is -1.26. The molecule has 0 amide bonds. The smallest absolute Gasteiger partial charge is 0.161 e. The molecule has 0 aromatic heterocycles. The van der Waals surface area contributed by atoms with E-state index in [9.17, 15) is 5.11 Å². The molecule has 1 N–H and O–H groups in total. The molecular weight excluding hydrogens is 302 g/mol. The van der Waals surface area contributed by atoms with Gasteiger partial charge in [0.25, 0.3) is 0 Å². The number of hydrogen-bond donors (Lipinski definition) is 1. The van der Waals surface area contributed by atoms with E-state index in [1.54, 1.807) is 0 Å². The third-order valence-corrected chi connectivity index (χ3v) is 3.47. The number of hydrogen-bond acceptors (Lipinski definition) is 4. The van der Waals surface area contributed by atoms with Crippen molar-refractivity contribution >= 4 is 0 Å². The summed E-state index contributed by atoms with van der Waals surface area (Å²) in [5.41, 5.74) is -5.69. The van der Waals surface area contributed by atoms with E-state index < -0.39 is 111 Å². The van der Waals surface area contributed by atoms with Crippen LogP contribution in [0.5, 0.6) is 11.5 Å². The van der Waals surface area contributed by atoms with Crippen LogP contribution in [0.2, 0.25) is 0 Å². The molecule has 0 aliphatic carbocycles. The number of methoxy groups -OCH3 is 2. The predicted octanol–water partition coefficient (Wildman–Crippen LogP) is 3.42. The van der Waals surface area contributed by atoms with Crippen molar-refractivity contribution in [2.24, 2.45) is 11.3 Å². The van der Waals surface area contributed by atoms with E-state index in [1.165, 1.54) is 0 Å². The Morgan fingerprint density at radius 3 is 3.00 bits per heavy atom. The zero-order chi connectivity index (χ0) is 35.7. The van der Waals surface area contributed by atoms with Gasteiger partial charge in [-0.2, -0.15) is 0 Å². The van der Waals surface area contributed by atoms with Crippen LogP contribution in [0.15, 0.2) is 12.1 Å². The molecule has 4 heteroatoms. The van der Waals surface area contributed by atoms with Crippen LogP contribution in [0, 0.1) is 11.3 Å². The van der Waals surface area contributed by atoms with E-state index in [-0.39, 0.29) is 4.90 Å². The van der Waals surface area contributed by atoms with Gasteiger partial charge in [0.15, 0.2) is 11.5 Å². The maximum absolute atomic E-state index is 11.5. The van der Waals surface area contributed by atoms with Crippen molar-refractivity contribution in [1.29, 1.82) is 0 Å². The first-order chi connectivity index (χ1) is 19.6. The number of rotatable bonds is 3. The fraction of sp³-hybridized carbons (Fsp3) is 0.700. The van der Waals surface area contributed by atoms with Gasteiger partial charge in [-0.15, -0.1) is 0 Å². The van der Waals surface area contributed by atoms with Crippen LogP contribution < -0.4 is 9.47 Å². The molecule has 0 spiro atoms. The molecule has 3 rings (SSSR count). The van der Waals surface area contributed by atoms with Crippen molar-refractivity contribution in [2.75, 3.05) is 27.2 Å². The predicted molar refractivity (Wildman–Crippen MR) is 95.7 cm³/mol. The average molecular weight is 355 g/mol. The van der Waals surface area contributed by atoms with Gasteiger partial charge >= 0.3 is 0 Å². The Labute approximate surface area is 175 Å². The molecule has 0 saturated carbocycles. The van der Waals surface area contributed by atoms with E-state index >= 15 is 0 Å². The molecule has 0 bridgehead atoms. The summed E-state index contributed by atoms with van der Waals surface area (Å²) < 4.78 is 185. The molecule has 3 unspecified atom stereocenters. The van der Waals surface area contributed by atoms with Gasteiger partial charge in [0, 0.05) is 39.6 Å². The fourth-order valence-electron chi connectivity index (χ4n) is 2.49. The van der Waals surface area contributed by atoms with Crippen molar-refractivity contribution < 1.29 is 43.4 Å². The first-order valence-corrected chi connectivity index (χ1v) is 6.97. The monoisotopic (exact) mass is 354 g/mol. The quantitative estimate of drug-likeness (QED) is 0.903. The van der Waals surface area contributed by atoms with Crippen molar-refractivity contribution in [3.63, 3.8) is 0 Å². The van der Waals surface area contributed by atoms with Gasteiger partial charge in [0.2, 0.25) is 0 Å². The lowest BCUT2D eigenvalue weighted by atomic mass is 9.75. The second-order valence-electron chi connectivity index (χ2n) is 5.49. The normalized spacial score (nSPS) is 54.8. The van der Waals surface area contributed by atoms with Gasteiger partial charge in [0.05, 0.1) is 28.5 Å². The second kappa shape index (κ2) is 6.57. The van der Waals surface area contributed by atoms with Gasteiger partial charge < -0.3 is 14.6 Å². The maximum atomic E-state index is 11.5. The molecule has 1 aromatic rings. The first-order valence-electron chi connectivity index (χ1n) is 17.5. The van der Waals surface area contributed by atoms with Crippen LogP contribution in [0.4, 0.5) is 0 Å². The third kappa shape index (κ3) is 3.40. The van der Waals surface area contributed by atoms with Crippen molar-refractivity contribution in [3.8, 4) is 11.5 Å². The number of ether oxygens (including phenoxy) is 2. The highest BCUT2D eigenvalue weighted by Gasteiger charge is 2.39. The first kappa shape index (κ1) is 5.14. The van der Waals surface area contributed by atoms with Crippen LogP contribution >= 0.6 is 0 Å². The van der Waals surface area contributed by atoms with Crippen LogP contribution in [-0.2, 0) is 6.37 Å². The minimum atomic E-state index is -4.20. The molecule has 2 aliphatic heterocycles. The SMILES string of the molecule is [2H]c1c(OC([2H])([2H])[2H])c(OC)c([2H])c2c1C1N(CC([2H])(C([2H])([2H])C(C)(C([2H])([2H])[2H])C([2H])([2H])[2H])C([2H])(O)C1([2H])[2H])C([2H])([2H])C2([2H])[2H]. The molecule has 24 heavy (non-hydrogen) atoms. The minimum Gasteiger partial charge on any atom is -0.493 e. The number of nitrogens with zero attached hydrogens (tertiary/aromatic N) is 1. The van der Waals surface area contributed by atoms with Crippen LogP contribution in [0.3, 0.4) is 0 Å². The van der Waals surface area contributed by atoms with E-state index in [1.807, 2.05) is 0 Å². The summed E-state index contributed by atoms with van der Waals surface area (Å²) in [6.07, 6.45) is -15.7. The maximum Gasteiger partial charge on any atom is 0.161 e. The molecule has 0 radical (unpaired) electrons. The van der Waals surface area contributed by atoms with Crippen molar-refractivity contribution in [2.45, 2.75) is 51.9 Å². The fourth-order valence-corrected chi connectivity index (χ4v) is 2.49. The number of piperidine rings is 1. The van der Waals surface area contributed by atoms with E-state index in [0.717, 1.165) is 7.11 Å². The summed E-state index contributed by atoms with van der Waals surface area (Å²) in [6.45, 7) is -12.5. The molecular formula is C20H31NO3. The van der Waals surface area contributed by atoms with Crippen molar-refractivity contribution in [1.82, 2.24) is 4.90 Å². The summed E-state index contributed by atoms with van der Waals surface area (Å²) in [6, 6.07) is -4.81. The molecule has 1 fully saturated rings. The van der Waals surface area contributed by atoms with Gasteiger partial charge in [-0.1, -0.05) is 20.6 Å². The van der Waals surface area contributed by atoms with E-state index in [2.05, 4.69) is 0 Å². The standard InChI is InChI=1S/C20H31NO3/c1-20(2,3)11-14-12-21-7-6-13-8-18(23-4)19(24-5)9-15(13)16(21)10-17(14)22/h8-9,14,16-17,22H,6-7,10-12H2,1-5H3/i1D3,2D3,5D3,6D2,7D2,8D,9D,10D2,11D2,14D,17D. The number of aliphatic hydroxyl groups is 1. The van der Waals surface area contributed by atoms with Gasteiger partial charge in [-0.3, -0.25) is 4.90 Å². The Morgan fingerprint density at radius 1 is 1.50 bits per heavy atom. The lowest BCUT2D eigenvalue weighted by molar-refractivity contribution is -0.0259. The van der Waals surface area contributed by atoms with Gasteiger partial charge in [-0.25, -0.2) is 0 Å². The molecule has 134 valence electrons. The van der Waals surface area contributed by atoms with E-state index in [0.29, 0.717) is 6.92 Å². The summed E-state index contributed by atoms with van der Waals surface area (Å²) >= 11 is 0. The average Bonchev–Trinajstić information content (AvgIpc) is 2.81. The minimum absolute atomic E-state index is 0.117. The summed E-state index contributed by atoms with van der Waals surface area (Å²) in [4.78, 5) is 0.117. The highest BCUT2D eigenvalue weighted by Crippen LogP contribution is 2.44. The van der Waals surface area contributed by atoms with Gasteiger partial charge in [-0.05, 0) is 53.6 Å². The lowest BCUT2D eigenvalue weighted by Crippen LogP contribution is -2.48. The molecule has 2 heterocycles. The number of benzene rings is 1. The Balaban J connectivity index is 2.55. The summed E-state index contributed by atoms with van der Waals surface area (Å²) in [5.74, 6) is -5.81.